The highest BCUT2D eigenvalue weighted by molar-refractivity contribution is 7.13. The van der Waals surface area contributed by atoms with Gasteiger partial charge in [0.25, 0.3) is 0 Å². The third-order valence-corrected chi connectivity index (χ3v) is 5.24. The Kier molecular flexibility index (Phi) is 5.18. The molecule has 2 aromatic carbocycles. The molecule has 4 rings (SSSR count). The summed E-state index contributed by atoms with van der Waals surface area (Å²) in [5.74, 6) is 1.74. The minimum Gasteiger partial charge on any atom is -0.493 e. The van der Waals surface area contributed by atoms with Crippen LogP contribution in [0.5, 0.6) is 11.5 Å². The zero-order chi connectivity index (χ0) is 20.4. The average Bonchev–Trinajstić information content (AvgIpc) is 3.32. The van der Waals surface area contributed by atoms with Crippen molar-refractivity contribution in [2.75, 3.05) is 19.5 Å². The molecule has 8 heteroatoms. The Balaban J connectivity index is 1.46. The van der Waals surface area contributed by atoms with Crippen molar-refractivity contribution in [3.8, 4) is 22.1 Å². The van der Waals surface area contributed by atoms with Gasteiger partial charge in [-0.05, 0) is 36.4 Å². The molecule has 2 heterocycles. The second-order valence-corrected chi connectivity index (χ2v) is 7.21. The molecule has 0 aliphatic rings. The fraction of sp³-hybridized carbons (Fsp3) is 0.190. The lowest BCUT2D eigenvalue weighted by Crippen LogP contribution is -2.14. The lowest BCUT2D eigenvalue weighted by molar-refractivity contribution is -0.115. The minimum atomic E-state index is -0.145. The zero-order valence-electron chi connectivity index (χ0n) is 16.2. The zero-order valence-corrected chi connectivity index (χ0v) is 17.0. The number of carbonyl (C=O) groups is 1. The highest BCUT2D eigenvalue weighted by Crippen LogP contribution is 2.33. The summed E-state index contributed by atoms with van der Waals surface area (Å²) in [4.78, 5) is 21.3. The second-order valence-electron chi connectivity index (χ2n) is 6.35. The number of rotatable bonds is 6. The molecule has 1 N–H and O–H groups in total. The third-order valence-electron chi connectivity index (χ3n) is 4.30. The van der Waals surface area contributed by atoms with E-state index in [2.05, 4.69) is 15.3 Å². The summed E-state index contributed by atoms with van der Waals surface area (Å²) < 4.78 is 16.1. The third kappa shape index (κ3) is 4.07. The van der Waals surface area contributed by atoms with Crippen LogP contribution in [0, 0.1) is 6.92 Å². The Morgan fingerprint density at radius 1 is 1.10 bits per heavy atom. The number of methoxy groups -OCH3 is 2. The van der Waals surface area contributed by atoms with Gasteiger partial charge in [-0.3, -0.25) is 4.79 Å². The first-order chi connectivity index (χ1) is 14.1. The Morgan fingerprint density at radius 3 is 2.72 bits per heavy atom. The molecular weight excluding hydrogens is 390 g/mol. The van der Waals surface area contributed by atoms with Crippen LogP contribution < -0.4 is 14.8 Å². The lowest BCUT2D eigenvalue weighted by Gasteiger charge is -2.08. The molecule has 0 bridgehead atoms. The van der Waals surface area contributed by atoms with Crippen LogP contribution in [0.1, 0.15) is 11.6 Å². The van der Waals surface area contributed by atoms with Crippen LogP contribution in [0.2, 0.25) is 0 Å². The summed E-state index contributed by atoms with van der Waals surface area (Å²) in [5, 5.41) is 5.58. The number of aryl methyl sites for hydroxylation is 1. The molecule has 0 atom stereocenters. The van der Waals surface area contributed by atoms with Gasteiger partial charge in [-0.15, -0.1) is 11.3 Å². The number of thiazole rings is 1. The standard InChI is InChI=1S/C21H19N3O4S/c1-12-22-16-9-14(5-7-17(16)28-12)23-20(25)10-15-11-29-21(24-15)13-4-6-18(26-2)19(8-13)27-3/h4-9,11H,10H2,1-3H3,(H,23,25). The summed E-state index contributed by atoms with van der Waals surface area (Å²) >= 11 is 1.48. The smallest absolute Gasteiger partial charge is 0.230 e. The highest BCUT2D eigenvalue weighted by atomic mass is 32.1. The molecule has 148 valence electrons. The lowest BCUT2D eigenvalue weighted by atomic mass is 10.2. The van der Waals surface area contributed by atoms with E-state index in [1.54, 1.807) is 39.3 Å². The van der Waals surface area contributed by atoms with Gasteiger partial charge in [0.05, 0.1) is 26.3 Å². The number of carbonyl (C=O) groups excluding carboxylic acids is 1. The van der Waals surface area contributed by atoms with Crippen molar-refractivity contribution in [3.63, 3.8) is 0 Å². The Hall–Kier alpha value is -3.39. The maximum Gasteiger partial charge on any atom is 0.230 e. The van der Waals surface area contributed by atoms with Gasteiger partial charge < -0.3 is 19.2 Å². The first-order valence-electron chi connectivity index (χ1n) is 8.89. The second kappa shape index (κ2) is 7.92. The molecule has 0 saturated heterocycles. The number of oxazole rings is 1. The number of ether oxygens (including phenoxy) is 2. The molecule has 0 aliphatic heterocycles. The topological polar surface area (TPSA) is 86.5 Å². The van der Waals surface area contributed by atoms with Crippen LogP contribution >= 0.6 is 11.3 Å². The van der Waals surface area contributed by atoms with Crippen LogP contribution in [-0.2, 0) is 11.2 Å². The average molecular weight is 409 g/mol. The molecule has 0 radical (unpaired) electrons. The molecule has 0 unspecified atom stereocenters. The molecule has 0 spiro atoms. The number of nitrogens with one attached hydrogen (secondary N) is 1. The van der Waals surface area contributed by atoms with Crippen LogP contribution in [0.25, 0.3) is 21.7 Å². The molecular formula is C21H19N3O4S. The highest BCUT2D eigenvalue weighted by Gasteiger charge is 2.12. The van der Waals surface area contributed by atoms with Gasteiger partial charge in [-0.1, -0.05) is 0 Å². The van der Waals surface area contributed by atoms with E-state index in [4.69, 9.17) is 13.9 Å². The number of anilines is 1. The van der Waals surface area contributed by atoms with Gasteiger partial charge in [0, 0.05) is 23.6 Å². The maximum atomic E-state index is 12.4. The molecule has 1 amide bonds. The van der Waals surface area contributed by atoms with E-state index in [1.807, 2.05) is 23.6 Å². The number of nitrogens with zero attached hydrogens (tertiary/aromatic N) is 2. The van der Waals surface area contributed by atoms with Gasteiger partial charge in [-0.2, -0.15) is 0 Å². The van der Waals surface area contributed by atoms with E-state index in [1.165, 1.54) is 11.3 Å². The quantitative estimate of drug-likeness (QED) is 0.506. The minimum absolute atomic E-state index is 0.145. The van der Waals surface area contributed by atoms with Crippen molar-refractivity contribution < 1.29 is 18.7 Å². The van der Waals surface area contributed by atoms with Crippen molar-refractivity contribution in [1.29, 1.82) is 0 Å². The number of hydrogen-bond acceptors (Lipinski definition) is 7. The first-order valence-corrected chi connectivity index (χ1v) is 9.77. The van der Waals surface area contributed by atoms with Crippen molar-refractivity contribution >= 4 is 34.0 Å². The Labute approximate surface area is 171 Å². The van der Waals surface area contributed by atoms with E-state index in [0.29, 0.717) is 39.9 Å². The van der Waals surface area contributed by atoms with E-state index < -0.39 is 0 Å². The predicted molar refractivity (Wildman–Crippen MR) is 112 cm³/mol. The molecule has 2 aromatic heterocycles. The largest absolute Gasteiger partial charge is 0.493 e. The van der Waals surface area contributed by atoms with Crippen LogP contribution in [-0.4, -0.2) is 30.1 Å². The van der Waals surface area contributed by atoms with E-state index >= 15 is 0 Å². The Morgan fingerprint density at radius 2 is 1.93 bits per heavy atom. The first kappa shape index (κ1) is 18.9. The van der Waals surface area contributed by atoms with Gasteiger partial charge in [0.1, 0.15) is 10.5 Å². The number of amides is 1. The van der Waals surface area contributed by atoms with Crippen LogP contribution in [0.3, 0.4) is 0 Å². The van der Waals surface area contributed by atoms with Gasteiger partial charge in [0.15, 0.2) is 23.0 Å². The summed E-state index contributed by atoms with van der Waals surface area (Å²) in [5.41, 5.74) is 3.69. The van der Waals surface area contributed by atoms with Gasteiger partial charge in [-0.25, -0.2) is 9.97 Å². The maximum absolute atomic E-state index is 12.4. The predicted octanol–water partition coefficient (Wildman–Crippen LogP) is 4.46. The fourth-order valence-electron chi connectivity index (χ4n) is 2.98. The number of aromatic nitrogens is 2. The summed E-state index contributed by atoms with van der Waals surface area (Å²) in [7, 11) is 3.19. The monoisotopic (exact) mass is 409 g/mol. The number of hydrogen-bond donors (Lipinski definition) is 1. The van der Waals surface area contributed by atoms with Crippen LogP contribution in [0.15, 0.2) is 46.2 Å². The normalized spacial score (nSPS) is 10.9. The molecule has 0 fully saturated rings. The number of fused-ring (bicyclic) bond motifs is 1. The van der Waals surface area contributed by atoms with Gasteiger partial charge >= 0.3 is 0 Å². The SMILES string of the molecule is COc1ccc(-c2nc(CC(=O)Nc3ccc4oc(C)nc4c3)cs2)cc1OC. The van der Waals surface area contributed by atoms with E-state index in [9.17, 15) is 4.79 Å². The summed E-state index contributed by atoms with van der Waals surface area (Å²) in [6.07, 6.45) is 0.180. The number of benzene rings is 2. The fourth-order valence-corrected chi connectivity index (χ4v) is 3.80. The molecule has 0 saturated carbocycles. The van der Waals surface area contributed by atoms with Crippen molar-refractivity contribution in [3.05, 3.63) is 53.4 Å². The summed E-state index contributed by atoms with van der Waals surface area (Å²) in [6, 6.07) is 11.0. The molecule has 4 aromatic rings. The summed E-state index contributed by atoms with van der Waals surface area (Å²) in [6.45, 7) is 1.79. The van der Waals surface area contributed by atoms with Crippen LogP contribution in [0.4, 0.5) is 5.69 Å². The van der Waals surface area contributed by atoms with Crippen molar-refractivity contribution in [2.45, 2.75) is 13.3 Å². The van der Waals surface area contributed by atoms with E-state index in [0.717, 1.165) is 10.6 Å². The van der Waals surface area contributed by atoms with Crippen molar-refractivity contribution in [2.24, 2.45) is 0 Å². The van der Waals surface area contributed by atoms with Gasteiger partial charge in [0.2, 0.25) is 5.91 Å². The molecule has 0 aliphatic carbocycles. The van der Waals surface area contributed by atoms with Crippen molar-refractivity contribution in [1.82, 2.24) is 9.97 Å². The van der Waals surface area contributed by atoms with E-state index in [-0.39, 0.29) is 12.3 Å². The molecule has 7 nitrogen and oxygen atoms in total. The Bertz CT molecular complexity index is 1180. The molecule has 29 heavy (non-hydrogen) atoms.